The average Bonchev–Trinajstić information content (AvgIpc) is 3.08. The van der Waals surface area contributed by atoms with Crippen LogP contribution >= 0.6 is 0 Å². The summed E-state index contributed by atoms with van der Waals surface area (Å²) < 4.78 is 38.5. The second-order valence-electron chi connectivity index (χ2n) is 6.88. The molecule has 1 amide bonds. The zero-order chi connectivity index (χ0) is 21.5. The van der Waals surface area contributed by atoms with Gasteiger partial charge in [-0.2, -0.15) is 13.2 Å². The van der Waals surface area contributed by atoms with Crippen LogP contribution in [0.1, 0.15) is 5.56 Å². The number of anilines is 1. The number of benzene rings is 1. The summed E-state index contributed by atoms with van der Waals surface area (Å²) in [5.74, 6) is 0.296. The summed E-state index contributed by atoms with van der Waals surface area (Å²) in [6.07, 6.45) is -4.97. The second-order valence-corrected chi connectivity index (χ2v) is 6.88. The molecule has 1 aromatic carbocycles. The van der Waals surface area contributed by atoms with Gasteiger partial charge in [0.15, 0.2) is 5.82 Å². The first-order valence-corrected chi connectivity index (χ1v) is 8.95. The van der Waals surface area contributed by atoms with Gasteiger partial charge in [0.25, 0.3) is 0 Å². The molecule has 0 radical (unpaired) electrons. The summed E-state index contributed by atoms with van der Waals surface area (Å²) in [4.78, 5) is 16.5. The van der Waals surface area contributed by atoms with E-state index in [-0.39, 0.29) is 13.1 Å². The molecule has 1 fully saturated rings. The second kappa shape index (κ2) is 7.41. The predicted molar refractivity (Wildman–Crippen MR) is 101 cm³/mol. The van der Waals surface area contributed by atoms with Crippen molar-refractivity contribution in [2.45, 2.75) is 18.3 Å². The number of alkyl halides is 3. The monoisotopic (exact) mass is 419 g/mol. The van der Waals surface area contributed by atoms with Gasteiger partial charge in [-0.1, -0.05) is 12.1 Å². The normalized spacial score (nSPS) is 19.3. The van der Waals surface area contributed by atoms with Crippen LogP contribution in [0.25, 0.3) is 22.2 Å². The molecule has 0 unspecified atom stereocenters. The van der Waals surface area contributed by atoms with Gasteiger partial charge >= 0.3 is 12.3 Å². The summed E-state index contributed by atoms with van der Waals surface area (Å²) in [5.41, 5.74) is 0.373. The van der Waals surface area contributed by atoms with Crippen molar-refractivity contribution in [3.05, 3.63) is 48.2 Å². The van der Waals surface area contributed by atoms with Gasteiger partial charge in [0.2, 0.25) is 0 Å². The number of pyridine rings is 1. The van der Waals surface area contributed by atoms with E-state index in [9.17, 15) is 23.1 Å². The highest BCUT2D eigenvalue weighted by atomic mass is 19.4. The Kier molecular flexibility index (Phi) is 4.90. The third-order valence-corrected chi connectivity index (χ3v) is 4.90. The van der Waals surface area contributed by atoms with E-state index in [2.05, 4.69) is 20.5 Å². The van der Waals surface area contributed by atoms with Crippen LogP contribution in [0.4, 0.5) is 23.8 Å². The Balaban J connectivity index is 1.68. The molecule has 0 saturated carbocycles. The quantitative estimate of drug-likeness (QED) is 0.599. The number of carbonyl (C=O) groups is 1. The first kappa shape index (κ1) is 19.8. The van der Waals surface area contributed by atoms with E-state index >= 15 is 0 Å². The fraction of sp³-hybridized carbons (Fsp3) is 0.263. The molecule has 1 aliphatic heterocycles. The number of nitrogens with one attached hydrogen (secondary N) is 1. The Morgan fingerprint density at radius 2 is 1.87 bits per heavy atom. The number of rotatable bonds is 3. The van der Waals surface area contributed by atoms with Gasteiger partial charge in [-0.25, -0.2) is 4.79 Å². The number of carboxylic acid groups (broad SMARTS) is 1. The molecular weight excluding hydrogens is 403 g/mol. The van der Waals surface area contributed by atoms with E-state index in [1.54, 1.807) is 12.1 Å². The molecule has 0 bridgehead atoms. The summed E-state index contributed by atoms with van der Waals surface area (Å²) in [7, 11) is 0. The maximum atomic E-state index is 12.8. The molecule has 8 nitrogen and oxygen atoms in total. The largest absolute Gasteiger partial charge is 0.465 e. The van der Waals surface area contributed by atoms with E-state index in [0.29, 0.717) is 28.0 Å². The van der Waals surface area contributed by atoms with E-state index in [1.165, 1.54) is 18.3 Å². The zero-order valence-corrected chi connectivity index (χ0v) is 15.3. The van der Waals surface area contributed by atoms with Crippen LogP contribution < -0.4 is 5.32 Å². The highest BCUT2D eigenvalue weighted by Gasteiger charge is 2.34. The lowest BCUT2D eigenvalue weighted by Gasteiger charge is -2.17. The molecule has 2 atom stereocenters. The number of nitrogens with zero attached hydrogens (tertiary/aromatic N) is 4. The smallest absolute Gasteiger partial charge is 0.416 e. The topological polar surface area (TPSA) is 111 Å². The van der Waals surface area contributed by atoms with Gasteiger partial charge < -0.3 is 20.4 Å². The van der Waals surface area contributed by atoms with Gasteiger partial charge in [-0.15, -0.1) is 10.2 Å². The Bertz CT molecular complexity index is 1090. The van der Waals surface area contributed by atoms with Crippen LogP contribution in [0.5, 0.6) is 0 Å². The van der Waals surface area contributed by atoms with Crippen molar-refractivity contribution < 1.29 is 28.2 Å². The van der Waals surface area contributed by atoms with Gasteiger partial charge in [-0.05, 0) is 24.3 Å². The standard InChI is InChI=1S/C19H16F3N5O3/c20-19(21,22)11-5-3-10(4-6-11)15-16-12(2-1-7-23-16)17(26-25-15)24-13-8-27(18(29)30)9-14(13)28/h1-7,13-14,28H,8-9H2,(H,24,26)(H,29,30)/t13-,14+/m1/s1. The number of aliphatic hydroxyl groups is 1. The van der Waals surface area contributed by atoms with Crippen molar-refractivity contribution >= 4 is 22.8 Å². The number of amides is 1. The van der Waals surface area contributed by atoms with Crippen LogP contribution in [-0.2, 0) is 6.18 Å². The molecule has 1 saturated heterocycles. The zero-order valence-electron chi connectivity index (χ0n) is 15.3. The number of likely N-dealkylation sites (tertiary alicyclic amines) is 1. The van der Waals surface area contributed by atoms with Crippen molar-refractivity contribution in [3.63, 3.8) is 0 Å². The van der Waals surface area contributed by atoms with Gasteiger partial charge in [0.05, 0.1) is 24.3 Å². The van der Waals surface area contributed by atoms with Crippen molar-refractivity contribution in [1.82, 2.24) is 20.1 Å². The van der Waals surface area contributed by atoms with Crippen LogP contribution in [0.3, 0.4) is 0 Å². The Morgan fingerprint density at radius 1 is 1.13 bits per heavy atom. The minimum Gasteiger partial charge on any atom is -0.465 e. The molecule has 2 aromatic heterocycles. The Hall–Kier alpha value is -3.47. The van der Waals surface area contributed by atoms with Crippen LogP contribution in [0.15, 0.2) is 42.6 Å². The molecule has 3 heterocycles. The molecule has 3 N–H and O–H groups in total. The molecule has 11 heteroatoms. The Labute approximate surface area is 168 Å². The predicted octanol–water partition coefficient (Wildman–Crippen LogP) is 2.85. The fourth-order valence-corrected chi connectivity index (χ4v) is 3.36. The molecule has 156 valence electrons. The van der Waals surface area contributed by atoms with E-state index < -0.39 is 30.0 Å². The molecular formula is C19H16F3N5O3. The summed E-state index contributed by atoms with van der Waals surface area (Å²) >= 11 is 0. The van der Waals surface area contributed by atoms with Gasteiger partial charge in [0.1, 0.15) is 11.2 Å². The maximum Gasteiger partial charge on any atom is 0.416 e. The lowest BCUT2D eigenvalue weighted by Crippen LogP contribution is -2.33. The minimum atomic E-state index is -4.44. The fourth-order valence-electron chi connectivity index (χ4n) is 3.36. The molecule has 0 aliphatic carbocycles. The number of hydrogen-bond acceptors (Lipinski definition) is 6. The lowest BCUT2D eigenvalue weighted by molar-refractivity contribution is -0.137. The third-order valence-electron chi connectivity index (χ3n) is 4.90. The van der Waals surface area contributed by atoms with Gasteiger partial charge in [-0.3, -0.25) is 4.98 Å². The number of fused-ring (bicyclic) bond motifs is 1. The van der Waals surface area contributed by atoms with E-state index in [4.69, 9.17) is 5.11 Å². The first-order valence-electron chi connectivity index (χ1n) is 8.95. The molecule has 0 spiro atoms. The van der Waals surface area contributed by atoms with Crippen molar-refractivity contribution in [2.24, 2.45) is 0 Å². The molecule has 4 rings (SSSR count). The number of halogens is 3. The summed E-state index contributed by atoms with van der Waals surface area (Å²) in [6, 6.07) is 7.33. The number of hydrogen-bond donors (Lipinski definition) is 3. The molecule has 1 aliphatic rings. The van der Waals surface area contributed by atoms with Crippen LogP contribution in [-0.4, -0.2) is 61.6 Å². The van der Waals surface area contributed by atoms with Gasteiger partial charge in [0, 0.05) is 23.7 Å². The third kappa shape index (κ3) is 3.71. The van der Waals surface area contributed by atoms with Crippen molar-refractivity contribution in [3.8, 4) is 11.3 Å². The Morgan fingerprint density at radius 3 is 2.50 bits per heavy atom. The molecule has 3 aromatic rings. The SMILES string of the molecule is O=C(O)N1C[C@H](O)[C@H](Nc2nnc(-c3ccc(C(F)(F)F)cc3)c3ncccc23)C1. The number of aliphatic hydroxyl groups excluding tert-OH is 1. The summed E-state index contributed by atoms with van der Waals surface area (Å²) in [6.45, 7) is 0.0425. The minimum absolute atomic E-state index is 0.0275. The first-order chi connectivity index (χ1) is 14.2. The number of aromatic nitrogens is 3. The number of β-amino-alcohol motifs (C(OH)–C–C–N with tert-alkyl or cyclic N) is 1. The van der Waals surface area contributed by atoms with Crippen molar-refractivity contribution in [2.75, 3.05) is 18.4 Å². The lowest BCUT2D eigenvalue weighted by atomic mass is 10.1. The van der Waals surface area contributed by atoms with Crippen molar-refractivity contribution in [1.29, 1.82) is 0 Å². The van der Waals surface area contributed by atoms with Crippen LogP contribution in [0, 0.1) is 0 Å². The summed E-state index contributed by atoms with van der Waals surface area (Å²) in [5, 5.41) is 31.0. The average molecular weight is 419 g/mol. The highest BCUT2D eigenvalue weighted by Crippen LogP contribution is 2.33. The molecule has 30 heavy (non-hydrogen) atoms. The maximum absolute atomic E-state index is 12.8. The van der Waals surface area contributed by atoms with E-state index in [0.717, 1.165) is 17.0 Å². The highest BCUT2D eigenvalue weighted by molar-refractivity contribution is 5.97. The van der Waals surface area contributed by atoms with Crippen LogP contribution in [0.2, 0.25) is 0 Å². The van der Waals surface area contributed by atoms with E-state index in [1.807, 2.05) is 0 Å².